The molecule has 2 aromatic rings. The van der Waals surface area contributed by atoms with Gasteiger partial charge >= 0.3 is 0 Å². The number of rotatable bonds is 5. The Balaban J connectivity index is 1.82. The van der Waals surface area contributed by atoms with E-state index in [0.717, 1.165) is 23.7 Å². The van der Waals surface area contributed by atoms with Crippen LogP contribution in [0.2, 0.25) is 5.02 Å². The molecule has 0 spiro atoms. The Morgan fingerprint density at radius 2 is 1.72 bits per heavy atom. The molecule has 1 heterocycles. The van der Waals surface area contributed by atoms with Gasteiger partial charge in [-0.3, -0.25) is 0 Å². The summed E-state index contributed by atoms with van der Waals surface area (Å²) in [6, 6.07) is 11.7. The first-order valence-corrected chi connectivity index (χ1v) is 6.10. The van der Waals surface area contributed by atoms with Crippen LogP contribution in [0, 0.1) is 0 Å². The number of pyridine rings is 1. The summed E-state index contributed by atoms with van der Waals surface area (Å²) in [5, 5.41) is 4.11. The Hall–Kier alpha value is -1.58. The third-order valence-electron chi connectivity index (χ3n) is 2.58. The average molecular weight is 263 g/mol. The van der Waals surface area contributed by atoms with Crippen molar-refractivity contribution in [2.24, 2.45) is 0 Å². The first kappa shape index (κ1) is 12.9. The van der Waals surface area contributed by atoms with E-state index < -0.39 is 0 Å². The molecule has 0 amide bonds. The molecule has 0 fully saturated rings. The molecule has 0 saturated heterocycles. The number of nitrogens with zero attached hydrogens (tertiary/aromatic N) is 1. The molecule has 94 valence electrons. The summed E-state index contributed by atoms with van der Waals surface area (Å²) < 4.78 is 5.01. The van der Waals surface area contributed by atoms with Crippen LogP contribution in [0.5, 0.6) is 5.88 Å². The SMILES string of the molecule is COc1ccc(CNCc2ccc(Cl)cc2)cn1. The van der Waals surface area contributed by atoms with Crippen LogP contribution in [0.4, 0.5) is 0 Å². The van der Waals surface area contributed by atoms with Gasteiger partial charge in [0.05, 0.1) is 7.11 Å². The number of nitrogens with one attached hydrogen (secondary N) is 1. The summed E-state index contributed by atoms with van der Waals surface area (Å²) in [5.41, 5.74) is 2.34. The van der Waals surface area contributed by atoms with Crippen molar-refractivity contribution in [1.29, 1.82) is 0 Å². The fourth-order valence-corrected chi connectivity index (χ4v) is 1.72. The second-order valence-electron chi connectivity index (χ2n) is 3.94. The third-order valence-corrected chi connectivity index (χ3v) is 2.83. The van der Waals surface area contributed by atoms with Crippen molar-refractivity contribution in [3.8, 4) is 5.88 Å². The maximum absolute atomic E-state index is 5.83. The Kier molecular flexibility index (Phi) is 4.56. The van der Waals surface area contributed by atoms with E-state index in [2.05, 4.69) is 10.3 Å². The fourth-order valence-electron chi connectivity index (χ4n) is 1.59. The van der Waals surface area contributed by atoms with Gasteiger partial charge in [-0.15, -0.1) is 0 Å². The van der Waals surface area contributed by atoms with E-state index in [1.54, 1.807) is 7.11 Å². The molecule has 0 saturated carbocycles. The van der Waals surface area contributed by atoms with Crippen molar-refractivity contribution >= 4 is 11.6 Å². The maximum atomic E-state index is 5.83. The van der Waals surface area contributed by atoms with Crippen LogP contribution in [-0.4, -0.2) is 12.1 Å². The lowest BCUT2D eigenvalue weighted by molar-refractivity contribution is 0.397. The summed E-state index contributed by atoms with van der Waals surface area (Å²) >= 11 is 5.83. The normalized spacial score (nSPS) is 10.3. The first-order chi connectivity index (χ1) is 8.78. The average Bonchev–Trinajstić information content (AvgIpc) is 2.42. The highest BCUT2D eigenvalue weighted by molar-refractivity contribution is 6.30. The third kappa shape index (κ3) is 3.72. The fraction of sp³-hybridized carbons (Fsp3) is 0.214. The maximum Gasteiger partial charge on any atom is 0.212 e. The van der Waals surface area contributed by atoms with E-state index in [1.807, 2.05) is 42.6 Å². The van der Waals surface area contributed by atoms with Gasteiger partial charge in [-0.2, -0.15) is 0 Å². The predicted octanol–water partition coefficient (Wildman–Crippen LogP) is 3.03. The lowest BCUT2D eigenvalue weighted by Gasteiger charge is -2.05. The molecule has 0 radical (unpaired) electrons. The van der Waals surface area contributed by atoms with Gasteiger partial charge in [0.2, 0.25) is 5.88 Å². The summed E-state index contributed by atoms with van der Waals surface area (Å²) in [6.07, 6.45) is 1.81. The van der Waals surface area contributed by atoms with E-state index in [0.29, 0.717) is 5.88 Å². The first-order valence-electron chi connectivity index (χ1n) is 5.72. The van der Waals surface area contributed by atoms with Crippen LogP contribution in [-0.2, 0) is 13.1 Å². The van der Waals surface area contributed by atoms with Crippen LogP contribution in [0.25, 0.3) is 0 Å². The van der Waals surface area contributed by atoms with Gasteiger partial charge in [0, 0.05) is 30.4 Å². The van der Waals surface area contributed by atoms with E-state index in [9.17, 15) is 0 Å². The minimum atomic E-state index is 0.636. The molecule has 0 aliphatic rings. The van der Waals surface area contributed by atoms with Crippen molar-refractivity contribution in [2.75, 3.05) is 7.11 Å². The molecule has 0 unspecified atom stereocenters. The van der Waals surface area contributed by atoms with Crippen LogP contribution in [0.15, 0.2) is 42.6 Å². The zero-order valence-corrected chi connectivity index (χ0v) is 10.9. The molecule has 4 heteroatoms. The standard InChI is InChI=1S/C14H15ClN2O/c1-18-14-7-4-12(10-17-14)9-16-8-11-2-5-13(15)6-3-11/h2-7,10,16H,8-9H2,1H3. The molecule has 0 aliphatic heterocycles. The second-order valence-corrected chi connectivity index (χ2v) is 4.38. The zero-order valence-electron chi connectivity index (χ0n) is 10.2. The van der Waals surface area contributed by atoms with Gasteiger partial charge in [0.15, 0.2) is 0 Å². The van der Waals surface area contributed by atoms with Crippen molar-refractivity contribution in [1.82, 2.24) is 10.3 Å². The lowest BCUT2D eigenvalue weighted by Crippen LogP contribution is -2.12. The number of benzene rings is 1. The summed E-state index contributed by atoms with van der Waals surface area (Å²) in [6.45, 7) is 1.59. The van der Waals surface area contributed by atoms with Crippen molar-refractivity contribution in [3.05, 3.63) is 58.7 Å². The molecule has 1 N–H and O–H groups in total. The van der Waals surface area contributed by atoms with Gasteiger partial charge in [-0.05, 0) is 23.3 Å². The molecule has 2 rings (SSSR count). The predicted molar refractivity (Wildman–Crippen MR) is 72.8 cm³/mol. The highest BCUT2D eigenvalue weighted by Gasteiger charge is 1.96. The van der Waals surface area contributed by atoms with Crippen LogP contribution in [0.3, 0.4) is 0 Å². The monoisotopic (exact) mass is 262 g/mol. The number of hydrogen-bond donors (Lipinski definition) is 1. The highest BCUT2D eigenvalue weighted by atomic mass is 35.5. The quantitative estimate of drug-likeness (QED) is 0.899. The second kappa shape index (κ2) is 6.38. The van der Waals surface area contributed by atoms with E-state index in [-0.39, 0.29) is 0 Å². The van der Waals surface area contributed by atoms with Gasteiger partial charge in [-0.25, -0.2) is 4.98 Å². The number of hydrogen-bond acceptors (Lipinski definition) is 3. The summed E-state index contributed by atoms with van der Waals surface area (Å²) in [4.78, 5) is 4.15. The molecular formula is C14H15ClN2O. The number of ether oxygens (including phenoxy) is 1. The van der Waals surface area contributed by atoms with Gasteiger partial charge in [0.1, 0.15) is 0 Å². The van der Waals surface area contributed by atoms with E-state index in [1.165, 1.54) is 5.56 Å². The molecule has 0 bridgehead atoms. The minimum Gasteiger partial charge on any atom is -0.481 e. The lowest BCUT2D eigenvalue weighted by atomic mass is 10.2. The van der Waals surface area contributed by atoms with Crippen molar-refractivity contribution in [2.45, 2.75) is 13.1 Å². The Bertz CT molecular complexity index is 482. The van der Waals surface area contributed by atoms with E-state index in [4.69, 9.17) is 16.3 Å². The van der Waals surface area contributed by atoms with Gasteiger partial charge < -0.3 is 10.1 Å². The molecule has 1 aromatic carbocycles. The Morgan fingerprint density at radius 3 is 2.33 bits per heavy atom. The summed E-state index contributed by atoms with van der Waals surface area (Å²) in [7, 11) is 1.61. The molecular weight excluding hydrogens is 248 g/mol. The summed E-state index contributed by atoms with van der Waals surface area (Å²) in [5.74, 6) is 0.636. The molecule has 0 atom stereocenters. The van der Waals surface area contributed by atoms with Crippen molar-refractivity contribution in [3.63, 3.8) is 0 Å². The Labute approximate surface area is 112 Å². The number of methoxy groups -OCH3 is 1. The minimum absolute atomic E-state index is 0.636. The van der Waals surface area contributed by atoms with Gasteiger partial charge in [-0.1, -0.05) is 29.8 Å². The number of aromatic nitrogens is 1. The molecule has 3 nitrogen and oxygen atoms in total. The topological polar surface area (TPSA) is 34.1 Å². The number of halogens is 1. The highest BCUT2D eigenvalue weighted by Crippen LogP contribution is 2.10. The molecule has 0 aliphatic carbocycles. The van der Waals surface area contributed by atoms with Crippen LogP contribution >= 0.6 is 11.6 Å². The Morgan fingerprint density at radius 1 is 1.06 bits per heavy atom. The van der Waals surface area contributed by atoms with Gasteiger partial charge in [0.25, 0.3) is 0 Å². The largest absolute Gasteiger partial charge is 0.481 e. The smallest absolute Gasteiger partial charge is 0.212 e. The van der Waals surface area contributed by atoms with E-state index >= 15 is 0 Å². The van der Waals surface area contributed by atoms with Crippen molar-refractivity contribution < 1.29 is 4.74 Å². The van der Waals surface area contributed by atoms with Crippen LogP contribution < -0.4 is 10.1 Å². The molecule has 18 heavy (non-hydrogen) atoms. The van der Waals surface area contributed by atoms with Crippen LogP contribution in [0.1, 0.15) is 11.1 Å². The zero-order chi connectivity index (χ0) is 12.8. The molecule has 1 aromatic heterocycles.